The second-order valence-corrected chi connectivity index (χ2v) is 6.79. The average molecular weight is 319 g/mol. The number of nitrogens with zero attached hydrogens (tertiary/aromatic N) is 3. The summed E-state index contributed by atoms with van der Waals surface area (Å²) in [5.41, 5.74) is 0. The second-order valence-electron chi connectivity index (χ2n) is 5.84. The molecule has 1 aliphatic rings. The molecule has 1 aliphatic carbocycles. The largest absolute Gasteiger partial charge is 0.341 e. The number of hydrogen-bond donors (Lipinski definition) is 0. The minimum Gasteiger partial charge on any atom is -0.341 e. The van der Waals surface area contributed by atoms with Crippen LogP contribution in [0.15, 0.2) is 22.0 Å². The third-order valence-electron chi connectivity index (χ3n) is 4.19. The van der Waals surface area contributed by atoms with Crippen LogP contribution in [0.1, 0.15) is 59.4 Å². The molecule has 0 aromatic carbocycles. The molecule has 2 aromatic heterocycles. The van der Waals surface area contributed by atoms with Crippen LogP contribution < -0.4 is 0 Å². The molecule has 0 N–H and O–H groups in total. The lowest BCUT2D eigenvalue weighted by Gasteiger charge is -2.17. The van der Waals surface area contributed by atoms with Gasteiger partial charge in [-0.15, -0.1) is 11.3 Å². The van der Waals surface area contributed by atoms with Crippen LogP contribution in [-0.2, 0) is 6.42 Å². The van der Waals surface area contributed by atoms with Gasteiger partial charge in [0.15, 0.2) is 5.82 Å². The molecule has 3 rings (SSSR count). The van der Waals surface area contributed by atoms with Crippen LogP contribution in [0.4, 0.5) is 0 Å². The lowest BCUT2D eigenvalue weighted by Crippen LogP contribution is -2.28. The Kier molecular flexibility index (Phi) is 4.87. The van der Waals surface area contributed by atoms with Crippen LogP contribution in [0.5, 0.6) is 0 Å². The quantitative estimate of drug-likeness (QED) is 0.846. The van der Waals surface area contributed by atoms with Gasteiger partial charge in [-0.25, -0.2) is 0 Å². The van der Waals surface area contributed by atoms with E-state index in [1.54, 1.807) is 4.90 Å². The molecule has 0 unspecified atom stereocenters. The first kappa shape index (κ1) is 15.2. The molecule has 0 radical (unpaired) electrons. The minimum atomic E-state index is 0.0472. The van der Waals surface area contributed by atoms with Crippen LogP contribution in [0.2, 0.25) is 0 Å². The zero-order valence-electron chi connectivity index (χ0n) is 12.8. The smallest absolute Gasteiger partial charge is 0.263 e. The van der Waals surface area contributed by atoms with Crippen LogP contribution in [0, 0.1) is 0 Å². The fraction of sp³-hybridized carbons (Fsp3) is 0.562. The first-order chi connectivity index (χ1) is 10.7. The molecular weight excluding hydrogens is 298 g/mol. The summed E-state index contributed by atoms with van der Waals surface area (Å²) in [6, 6.07) is 3.74. The zero-order valence-corrected chi connectivity index (χ0v) is 13.6. The van der Waals surface area contributed by atoms with Gasteiger partial charge in [0.1, 0.15) is 0 Å². The van der Waals surface area contributed by atoms with E-state index >= 15 is 0 Å². The molecule has 2 heterocycles. The SMILES string of the molecule is CN(CCc1noc(C2CCCCC2)n1)C(=O)c1cccs1. The van der Waals surface area contributed by atoms with Gasteiger partial charge >= 0.3 is 0 Å². The Morgan fingerprint density at radius 3 is 2.95 bits per heavy atom. The molecule has 6 heteroatoms. The molecule has 0 bridgehead atoms. The first-order valence-electron chi connectivity index (χ1n) is 7.85. The molecule has 0 saturated heterocycles. The van der Waals surface area contributed by atoms with Crippen molar-refractivity contribution < 1.29 is 9.32 Å². The summed E-state index contributed by atoms with van der Waals surface area (Å²) in [6.45, 7) is 0.598. The van der Waals surface area contributed by atoms with Gasteiger partial charge in [-0.1, -0.05) is 30.5 Å². The molecule has 1 saturated carbocycles. The number of carbonyl (C=O) groups excluding carboxylic acids is 1. The fourth-order valence-electron chi connectivity index (χ4n) is 2.84. The number of likely N-dealkylation sites (N-methyl/N-ethyl adjacent to an activating group) is 1. The average Bonchev–Trinajstić information content (AvgIpc) is 3.24. The number of thiophene rings is 1. The summed E-state index contributed by atoms with van der Waals surface area (Å²) in [5.74, 6) is 1.96. The molecule has 2 aromatic rings. The number of amides is 1. The van der Waals surface area contributed by atoms with Crippen molar-refractivity contribution in [1.82, 2.24) is 15.0 Å². The van der Waals surface area contributed by atoms with E-state index in [1.807, 2.05) is 24.6 Å². The Bertz CT molecular complexity index is 603. The van der Waals surface area contributed by atoms with Crippen molar-refractivity contribution in [2.75, 3.05) is 13.6 Å². The van der Waals surface area contributed by atoms with Crippen molar-refractivity contribution >= 4 is 17.2 Å². The predicted molar refractivity (Wildman–Crippen MR) is 85.1 cm³/mol. The number of aromatic nitrogens is 2. The Balaban J connectivity index is 1.53. The van der Waals surface area contributed by atoms with Crippen molar-refractivity contribution in [1.29, 1.82) is 0 Å². The molecule has 22 heavy (non-hydrogen) atoms. The van der Waals surface area contributed by atoms with Crippen LogP contribution in [0.3, 0.4) is 0 Å². The van der Waals surface area contributed by atoms with Gasteiger partial charge in [0, 0.05) is 25.9 Å². The van der Waals surface area contributed by atoms with Crippen LogP contribution >= 0.6 is 11.3 Å². The molecular formula is C16H21N3O2S. The lowest BCUT2D eigenvalue weighted by molar-refractivity contribution is 0.0800. The maximum atomic E-state index is 12.2. The number of rotatable bonds is 5. The highest BCUT2D eigenvalue weighted by Crippen LogP contribution is 2.31. The Morgan fingerprint density at radius 2 is 2.23 bits per heavy atom. The van der Waals surface area contributed by atoms with E-state index in [0.717, 1.165) is 23.6 Å². The third kappa shape index (κ3) is 3.55. The Morgan fingerprint density at radius 1 is 1.41 bits per heavy atom. The molecule has 5 nitrogen and oxygen atoms in total. The van der Waals surface area contributed by atoms with Gasteiger partial charge in [-0.2, -0.15) is 4.98 Å². The maximum Gasteiger partial charge on any atom is 0.263 e. The highest BCUT2D eigenvalue weighted by atomic mass is 32.1. The van der Waals surface area contributed by atoms with Gasteiger partial charge in [0.05, 0.1) is 4.88 Å². The highest BCUT2D eigenvalue weighted by Gasteiger charge is 2.21. The second kappa shape index (κ2) is 7.05. The van der Waals surface area contributed by atoms with Crippen LogP contribution in [0.25, 0.3) is 0 Å². The summed E-state index contributed by atoms with van der Waals surface area (Å²) < 4.78 is 5.41. The van der Waals surface area contributed by atoms with E-state index in [4.69, 9.17) is 4.52 Å². The van der Waals surface area contributed by atoms with Gasteiger partial charge in [0.2, 0.25) is 5.89 Å². The van der Waals surface area contributed by atoms with Gasteiger partial charge in [0.25, 0.3) is 5.91 Å². The number of hydrogen-bond acceptors (Lipinski definition) is 5. The van der Waals surface area contributed by atoms with Gasteiger partial charge in [-0.05, 0) is 24.3 Å². The fourth-order valence-corrected chi connectivity index (χ4v) is 3.56. The summed E-state index contributed by atoms with van der Waals surface area (Å²) in [7, 11) is 1.81. The maximum absolute atomic E-state index is 12.2. The van der Waals surface area contributed by atoms with Crippen molar-refractivity contribution in [2.24, 2.45) is 0 Å². The van der Waals surface area contributed by atoms with E-state index < -0.39 is 0 Å². The van der Waals surface area contributed by atoms with Gasteiger partial charge in [-0.3, -0.25) is 4.79 Å². The van der Waals surface area contributed by atoms with Crippen molar-refractivity contribution in [3.63, 3.8) is 0 Å². The molecule has 1 amide bonds. The predicted octanol–water partition coefficient (Wildman–Crippen LogP) is 3.49. The van der Waals surface area contributed by atoms with E-state index in [-0.39, 0.29) is 5.91 Å². The van der Waals surface area contributed by atoms with E-state index in [9.17, 15) is 4.79 Å². The highest BCUT2D eigenvalue weighted by molar-refractivity contribution is 7.12. The van der Waals surface area contributed by atoms with E-state index in [1.165, 1.54) is 30.6 Å². The molecule has 0 spiro atoms. The zero-order chi connectivity index (χ0) is 15.4. The molecule has 118 valence electrons. The molecule has 1 fully saturated rings. The van der Waals surface area contributed by atoms with Crippen molar-refractivity contribution in [3.05, 3.63) is 34.1 Å². The minimum absolute atomic E-state index is 0.0472. The summed E-state index contributed by atoms with van der Waals surface area (Å²) in [5, 5.41) is 5.98. The molecule has 0 aliphatic heterocycles. The Hall–Kier alpha value is -1.69. The van der Waals surface area contributed by atoms with Gasteiger partial charge < -0.3 is 9.42 Å². The third-order valence-corrected chi connectivity index (χ3v) is 5.05. The summed E-state index contributed by atoms with van der Waals surface area (Å²) >= 11 is 1.46. The lowest BCUT2D eigenvalue weighted by atomic mass is 9.89. The topological polar surface area (TPSA) is 59.2 Å². The first-order valence-corrected chi connectivity index (χ1v) is 8.73. The van der Waals surface area contributed by atoms with Crippen molar-refractivity contribution in [2.45, 2.75) is 44.4 Å². The number of carbonyl (C=O) groups is 1. The molecule has 0 atom stereocenters. The summed E-state index contributed by atoms with van der Waals surface area (Å²) in [6.07, 6.45) is 6.74. The van der Waals surface area contributed by atoms with Crippen LogP contribution in [-0.4, -0.2) is 34.5 Å². The normalized spacial score (nSPS) is 15.9. The standard InChI is InChI=1S/C16H21N3O2S/c1-19(16(20)13-8-5-11-22-13)10-9-14-17-15(21-18-14)12-6-3-2-4-7-12/h5,8,11-12H,2-4,6-7,9-10H2,1H3. The Labute approximate surface area is 134 Å². The summed E-state index contributed by atoms with van der Waals surface area (Å²) in [4.78, 5) is 19.1. The van der Waals surface area contributed by atoms with E-state index in [0.29, 0.717) is 24.7 Å². The van der Waals surface area contributed by atoms with Crippen molar-refractivity contribution in [3.8, 4) is 0 Å². The monoisotopic (exact) mass is 319 g/mol. The van der Waals surface area contributed by atoms with E-state index in [2.05, 4.69) is 10.1 Å².